The summed E-state index contributed by atoms with van der Waals surface area (Å²) in [6, 6.07) is 0. The smallest absolute Gasteiger partial charge is 0.189 e. The van der Waals surface area contributed by atoms with Gasteiger partial charge in [-0.3, -0.25) is 4.79 Å². The van der Waals surface area contributed by atoms with Crippen LogP contribution in [-0.4, -0.2) is 21.1 Å². The molecule has 1 aliphatic carbocycles. The molecule has 0 saturated heterocycles. The Balaban J connectivity index is 2.36. The number of carbonyl (C=O) groups is 1. The Hall–Kier alpha value is -0.0200. The molecule has 1 N–H and O–H groups in total. The standard InChI is InChI=1S/C12H22O2S/c1-12(2,3)15-11(14)8-9-6-4-5-7-10(9)13/h9-10,13H,4-8H2,1-3H3/t9-,10-/m0/s1. The maximum Gasteiger partial charge on any atom is 0.189 e. The molecule has 1 rings (SSSR count). The van der Waals surface area contributed by atoms with Gasteiger partial charge in [0.2, 0.25) is 0 Å². The van der Waals surface area contributed by atoms with Crippen molar-refractivity contribution in [3.8, 4) is 0 Å². The van der Waals surface area contributed by atoms with Crippen LogP contribution in [0.2, 0.25) is 0 Å². The molecular weight excluding hydrogens is 208 g/mol. The first kappa shape index (κ1) is 13.0. The molecular formula is C12H22O2S. The second kappa shape index (κ2) is 5.35. The zero-order valence-corrected chi connectivity index (χ0v) is 10.8. The quantitative estimate of drug-likeness (QED) is 0.792. The van der Waals surface area contributed by atoms with Gasteiger partial charge in [0.15, 0.2) is 5.12 Å². The van der Waals surface area contributed by atoms with E-state index in [4.69, 9.17) is 0 Å². The number of hydrogen-bond donors (Lipinski definition) is 1. The topological polar surface area (TPSA) is 37.3 Å². The molecule has 0 bridgehead atoms. The van der Waals surface area contributed by atoms with Crippen molar-refractivity contribution in [1.82, 2.24) is 0 Å². The number of aliphatic hydroxyl groups excluding tert-OH is 1. The summed E-state index contributed by atoms with van der Waals surface area (Å²) in [6.07, 6.45) is 4.45. The van der Waals surface area contributed by atoms with Gasteiger partial charge in [-0.05, 0) is 18.8 Å². The predicted octanol–water partition coefficient (Wildman–Crippen LogP) is 2.99. The predicted molar refractivity (Wildman–Crippen MR) is 64.9 cm³/mol. The maximum absolute atomic E-state index is 11.7. The van der Waals surface area contributed by atoms with Gasteiger partial charge in [-0.25, -0.2) is 0 Å². The first-order chi connectivity index (χ1) is 6.88. The van der Waals surface area contributed by atoms with Gasteiger partial charge in [-0.1, -0.05) is 45.4 Å². The van der Waals surface area contributed by atoms with Gasteiger partial charge in [0.05, 0.1) is 6.10 Å². The van der Waals surface area contributed by atoms with Gasteiger partial charge in [0.1, 0.15) is 0 Å². The Morgan fingerprint density at radius 1 is 1.33 bits per heavy atom. The van der Waals surface area contributed by atoms with E-state index in [1.165, 1.54) is 11.8 Å². The molecule has 0 radical (unpaired) electrons. The lowest BCUT2D eigenvalue weighted by Gasteiger charge is -2.27. The molecule has 0 unspecified atom stereocenters. The molecule has 1 saturated carbocycles. The molecule has 2 atom stereocenters. The highest BCUT2D eigenvalue weighted by molar-refractivity contribution is 8.14. The fourth-order valence-corrected chi connectivity index (χ4v) is 3.00. The van der Waals surface area contributed by atoms with Crippen LogP contribution in [0.25, 0.3) is 0 Å². The summed E-state index contributed by atoms with van der Waals surface area (Å²) in [5, 5.41) is 9.98. The number of aliphatic hydroxyl groups is 1. The van der Waals surface area contributed by atoms with Crippen LogP contribution in [0.15, 0.2) is 0 Å². The lowest BCUT2D eigenvalue weighted by molar-refractivity contribution is -0.113. The van der Waals surface area contributed by atoms with Crippen LogP contribution in [0.4, 0.5) is 0 Å². The van der Waals surface area contributed by atoms with Crippen LogP contribution in [0.3, 0.4) is 0 Å². The lowest BCUT2D eigenvalue weighted by atomic mass is 9.85. The van der Waals surface area contributed by atoms with Crippen LogP contribution in [0, 0.1) is 5.92 Å². The fraction of sp³-hybridized carbons (Fsp3) is 0.917. The van der Waals surface area contributed by atoms with Crippen molar-refractivity contribution in [1.29, 1.82) is 0 Å². The van der Waals surface area contributed by atoms with Gasteiger partial charge < -0.3 is 5.11 Å². The second-order valence-electron chi connectivity index (χ2n) is 5.40. The van der Waals surface area contributed by atoms with Gasteiger partial charge in [0.25, 0.3) is 0 Å². The van der Waals surface area contributed by atoms with E-state index in [1.54, 1.807) is 0 Å². The van der Waals surface area contributed by atoms with E-state index >= 15 is 0 Å². The number of thioether (sulfide) groups is 1. The first-order valence-electron chi connectivity index (χ1n) is 5.78. The number of hydrogen-bond acceptors (Lipinski definition) is 3. The summed E-state index contributed by atoms with van der Waals surface area (Å²) in [5.74, 6) is 0.209. The molecule has 88 valence electrons. The van der Waals surface area contributed by atoms with Crippen LogP contribution in [0.5, 0.6) is 0 Å². The van der Waals surface area contributed by atoms with Crippen molar-refractivity contribution in [2.45, 2.75) is 63.7 Å². The van der Waals surface area contributed by atoms with Crippen LogP contribution in [-0.2, 0) is 4.79 Å². The second-order valence-corrected chi connectivity index (χ2v) is 7.29. The van der Waals surface area contributed by atoms with Crippen molar-refractivity contribution < 1.29 is 9.90 Å². The first-order valence-corrected chi connectivity index (χ1v) is 6.60. The Kier molecular flexibility index (Phi) is 4.65. The van der Waals surface area contributed by atoms with Crippen molar-refractivity contribution >= 4 is 16.9 Å². The average molecular weight is 230 g/mol. The largest absolute Gasteiger partial charge is 0.393 e. The Morgan fingerprint density at radius 3 is 2.47 bits per heavy atom. The van der Waals surface area contributed by atoms with E-state index in [9.17, 15) is 9.90 Å². The SMILES string of the molecule is CC(C)(C)SC(=O)C[C@@H]1CCCC[C@@H]1O. The third-order valence-electron chi connectivity index (χ3n) is 2.72. The zero-order valence-electron chi connectivity index (χ0n) is 9.95. The highest BCUT2D eigenvalue weighted by atomic mass is 32.2. The van der Waals surface area contributed by atoms with E-state index in [1.807, 2.05) is 20.8 Å². The summed E-state index contributed by atoms with van der Waals surface area (Å²) in [7, 11) is 0. The third-order valence-corrected chi connectivity index (χ3v) is 3.72. The van der Waals surface area contributed by atoms with E-state index in [0.717, 1.165) is 25.7 Å². The minimum Gasteiger partial charge on any atom is -0.393 e. The minimum absolute atomic E-state index is 0.00327. The van der Waals surface area contributed by atoms with Crippen LogP contribution >= 0.6 is 11.8 Å². The molecule has 3 heteroatoms. The summed E-state index contributed by atoms with van der Waals surface area (Å²) >= 11 is 1.40. The highest BCUT2D eigenvalue weighted by Gasteiger charge is 2.27. The molecule has 0 aromatic heterocycles. The molecule has 0 amide bonds. The molecule has 1 aliphatic rings. The summed E-state index contributed by atoms with van der Waals surface area (Å²) in [5.41, 5.74) is 0. The van der Waals surface area contributed by atoms with E-state index < -0.39 is 0 Å². The van der Waals surface area contributed by atoms with Crippen molar-refractivity contribution in [2.24, 2.45) is 5.92 Å². The van der Waals surface area contributed by atoms with E-state index in [0.29, 0.717) is 6.42 Å². The Bertz CT molecular complexity index is 220. The van der Waals surface area contributed by atoms with Crippen molar-refractivity contribution in [3.63, 3.8) is 0 Å². The zero-order chi connectivity index (χ0) is 11.5. The Morgan fingerprint density at radius 2 is 1.93 bits per heavy atom. The third kappa shape index (κ3) is 5.03. The van der Waals surface area contributed by atoms with Gasteiger partial charge >= 0.3 is 0 Å². The summed E-state index contributed by atoms with van der Waals surface area (Å²) in [4.78, 5) is 11.7. The average Bonchev–Trinajstić information content (AvgIpc) is 2.05. The number of rotatable bonds is 2. The molecule has 0 aromatic rings. The van der Waals surface area contributed by atoms with Crippen LogP contribution in [0.1, 0.15) is 52.9 Å². The van der Waals surface area contributed by atoms with E-state index in [-0.39, 0.29) is 21.9 Å². The molecule has 15 heavy (non-hydrogen) atoms. The van der Waals surface area contributed by atoms with Crippen LogP contribution < -0.4 is 0 Å². The molecule has 0 spiro atoms. The molecule has 2 nitrogen and oxygen atoms in total. The van der Waals surface area contributed by atoms with E-state index in [2.05, 4.69) is 0 Å². The summed E-state index contributed by atoms with van der Waals surface area (Å²) < 4.78 is -0.00327. The summed E-state index contributed by atoms with van der Waals surface area (Å²) in [6.45, 7) is 6.15. The lowest BCUT2D eigenvalue weighted by Crippen LogP contribution is -2.27. The highest BCUT2D eigenvalue weighted by Crippen LogP contribution is 2.32. The van der Waals surface area contributed by atoms with Crippen molar-refractivity contribution in [3.05, 3.63) is 0 Å². The van der Waals surface area contributed by atoms with Gasteiger partial charge in [0, 0.05) is 11.2 Å². The van der Waals surface area contributed by atoms with Gasteiger partial charge in [-0.2, -0.15) is 0 Å². The molecule has 0 aliphatic heterocycles. The normalized spacial score (nSPS) is 27.7. The maximum atomic E-state index is 11.7. The number of carbonyl (C=O) groups excluding carboxylic acids is 1. The minimum atomic E-state index is -0.247. The van der Waals surface area contributed by atoms with Gasteiger partial charge in [-0.15, -0.1) is 0 Å². The molecule has 0 heterocycles. The van der Waals surface area contributed by atoms with Crippen molar-refractivity contribution in [2.75, 3.05) is 0 Å². The Labute approximate surface area is 96.8 Å². The molecule has 0 aromatic carbocycles. The molecule has 1 fully saturated rings. The monoisotopic (exact) mass is 230 g/mol. The fourth-order valence-electron chi connectivity index (χ4n) is 2.02.